The third-order valence-corrected chi connectivity index (χ3v) is 4.78. The SMILES string of the molecule is CC(C)CCCC(C)NC(=O)N1CCN(c2ccc([N+](=O)[O-])cc2)CC1. The summed E-state index contributed by atoms with van der Waals surface area (Å²) in [5.74, 6) is 0.699. The van der Waals surface area contributed by atoms with Crippen LogP contribution in [-0.4, -0.2) is 48.1 Å². The van der Waals surface area contributed by atoms with Crippen molar-refractivity contribution in [1.29, 1.82) is 0 Å². The predicted octanol–water partition coefficient (Wildman–Crippen LogP) is 3.64. The van der Waals surface area contributed by atoms with Crippen molar-refractivity contribution in [3.05, 3.63) is 34.4 Å². The van der Waals surface area contributed by atoms with E-state index in [2.05, 4.69) is 31.0 Å². The molecule has 0 aromatic heterocycles. The summed E-state index contributed by atoms with van der Waals surface area (Å²) in [4.78, 5) is 26.7. The minimum atomic E-state index is -0.394. The second-order valence-electron chi connectivity index (χ2n) is 7.42. The average molecular weight is 362 g/mol. The van der Waals surface area contributed by atoms with E-state index in [4.69, 9.17) is 0 Å². The molecular weight excluding hydrogens is 332 g/mol. The Kier molecular flexibility index (Phi) is 7.24. The van der Waals surface area contributed by atoms with Crippen molar-refractivity contribution in [3.8, 4) is 0 Å². The number of anilines is 1. The monoisotopic (exact) mass is 362 g/mol. The van der Waals surface area contributed by atoms with Gasteiger partial charge in [0.2, 0.25) is 0 Å². The van der Waals surface area contributed by atoms with E-state index in [-0.39, 0.29) is 17.8 Å². The van der Waals surface area contributed by atoms with Crippen molar-refractivity contribution in [1.82, 2.24) is 10.2 Å². The highest BCUT2D eigenvalue weighted by Crippen LogP contribution is 2.20. The number of hydrogen-bond acceptors (Lipinski definition) is 4. The Balaban J connectivity index is 1.76. The van der Waals surface area contributed by atoms with Gasteiger partial charge in [-0.05, 0) is 31.4 Å². The van der Waals surface area contributed by atoms with Gasteiger partial charge in [-0.25, -0.2) is 4.79 Å². The van der Waals surface area contributed by atoms with Crippen molar-refractivity contribution in [2.45, 2.75) is 46.1 Å². The maximum absolute atomic E-state index is 12.4. The Morgan fingerprint density at radius 3 is 2.27 bits per heavy atom. The molecule has 1 unspecified atom stereocenters. The van der Waals surface area contributed by atoms with Gasteiger partial charge in [-0.3, -0.25) is 10.1 Å². The van der Waals surface area contributed by atoms with Gasteiger partial charge in [0, 0.05) is 50.0 Å². The van der Waals surface area contributed by atoms with Crippen LogP contribution in [-0.2, 0) is 0 Å². The van der Waals surface area contributed by atoms with Crippen molar-refractivity contribution in [2.75, 3.05) is 31.1 Å². The molecule has 0 bridgehead atoms. The number of non-ortho nitro benzene ring substituents is 1. The Hall–Kier alpha value is -2.31. The predicted molar refractivity (Wildman–Crippen MR) is 104 cm³/mol. The summed E-state index contributed by atoms with van der Waals surface area (Å²) in [6.07, 6.45) is 3.33. The number of benzene rings is 1. The first-order valence-corrected chi connectivity index (χ1v) is 9.41. The zero-order chi connectivity index (χ0) is 19.1. The summed E-state index contributed by atoms with van der Waals surface area (Å²) in [6, 6.07) is 6.77. The van der Waals surface area contributed by atoms with E-state index in [0.717, 1.165) is 31.6 Å². The Morgan fingerprint density at radius 1 is 1.12 bits per heavy atom. The molecule has 1 aliphatic rings. The van der Waals surface area contributed by atoms with Gasteiger partial charge in [-0.2, -0.15) is 0 Å². The minimum absolute atomic E-state index is 0.00500. The molecule has 1 N–H and O–H groups in total. The van der Waals surface area contributed by atoms with Crippen molar-refractivity contribution in [2.24, 2.45) is 5.92 Å². The third-order valence-electron chi connectivity index (χ3n) is 4.78. The van der Waals surface area contributed by atoms with E-state index in [1.165, 1.54) is 18.6 Å². The number of hydrogen-bond donors (Lipinski definition) is 1. The van der Waals surface area contributed by atoms with Crippen LogP contribution in [0.2, 0.25) is 0 Å². The maximum atomic E-state index is 12.4. The lowest BCUT2D eigenvalue weighted by atomic mass is 10.0. The molecule has 1 aliphatic heterocycles. The number of piperazine rings is 1. The molecule has 2 rings (SSSR count). The fourth-order valence-corrected chi connectivity index (χ4v) is 3.16. The van der Waals surface area contributed by atoms with Crippen LogP contribution >= 0.6 is 0 Å². The van der Waals surface area contributed by atoms with Gasteiger partial charge < -0.3 is 15.1 Å². The summed E-state index contributed by atoms with van der Waals surface area (Å²) in [5.41, 5.74) is 1.05. The topological polar surface area (TPSA) is 78.7 Å². The smallest absolute Gasteiger partial charge is 0.317 e. The fourth-order valence-electron chi connectivity index (χ4n) is 3.16. The van der Waals surface area contributed by atoms with E-state index >= 15 is 0 Å². The summed E-state index contributed by atoms with van der Waals surface area (Å²) in [5, 5.41) is 13.8. The van der Waals surface area contributed by atoms with Gasteiger partial charge in [0.05, 0.1) is 4.92 Å². The molecule has 144 valence electrons. The standard InChI is InChI=1S/C19H30N4O3/c1-15(2)5-4-6-16(3)20-19(24)22-13-11-21(12-14-22)17-7-9-18(10-8-17)23(25)26/h7-10,15-16H,4-6,11-14H2,1-3H3,(H,20,24). The molecule has 2 amide bonds. The van der Waals surface area contributed by atoms with Crippen LogP contribution in [0.15, 0.2) is 24.3 Å². The second kappa shape index (κ2) is 9.40. The summed E-state index contributed by atoms with van der Waals surface area (Å²) < 4.78 is 0. The van der Waals surface area contributed by atoms with Gasteiger partial charge >= 0.3 is 6.03 Å². The van der Waals surface area contributed by atoms with Gasteiger partial charge in [-0.15, -0.1) is 0 Å². The van der Waals surface area contributed by atoms with Gasteiger partial charge in [0.25, 0.3) is 5.69 Å². The number of urea groups is 1. The zero-order valence-corrected chi connectivity index (χ0v) is 16.0. The average Bonchev–Trinajstić information content (AvgIpc) is 2.61. The van der Waals surface area contributed by atoms with E-state index < -0.39 is 4.92 Å². The lowest BCUT2D eigenvalue weighted by Crippen LogP contribution is -2.53. The van der Waals surface area contributed by atoms with Crippen molar-refractivity contribution in [3.63, 3.8) is 0 Å². The molecule has 0 aliphatic carbocycles. The Labute approximate surface area is 155 Å². The van der Waals surface area contributed by atoms with Gasteiger partial charge in [0.1, 0.15) is 0 Å². The molecule has 1 saturated heterocycles. The molecule has 0 saturated carbocycles. The number of nitro groups is 1. The number of nitrogens with one attached hydrogen (secondary N) is 1. The molecule has 7 nitrogen and oxygen atoms in total. The molecule has 1 aromatic carbocycles. The van der Waals surface area contributed by atoms with Crippen LogP contribution in [0, 0.1) is 16.0 Å². The molecule has 1 fully saturated rings. The van der Waals surface area contributed by atoms with Crippen molar-refractivity contribution >= 4 is 17.4 Å². The molecule has 0 radical (unpaired) electrons. The van der Waals surface area contributed by atoms with Crippen LogP contribution in [0.1, 0.15) is 40.0 Å². The first-order chi connectivity index (χ1) is 12.4. The maximum Gasteiger partial charge on any atom is 0.317 e. The Bertz CT molecular complexity index is 595. The summed E-state index contributed by atoms with van der Waals surface area (Å²) >= 11 is 0. The Morgan fingerprint density at radius 2 is 1.73 bits per heavy atom. The third kappa shape index (κ3) is 5.89. The highest BCUT2D eigenvalue weighted by Gasteiger charge is 2.22. The normalized spacial score (nSPS) is 15.8. The van der Waals surface area contributed by atoms with Crippen LogP contribution in [0.25, 0.3) is 0 Å². The van der Waals surface area contributed by atoms with Crippen LogP contribution in [0.5, 0.6) is 0 Å². The first kappa shape index (κ1) is 20.0. The quantitative estimate of drug-likeness (QED) is 0.593. The van der Waals surface area contributed by atoms with E-state index in [0.29, 0.717) is 19.0 Å². The molecule has 7 heteroatoms. The number of carbonyl (C=O) groups is 1. The van der Waals surface area contributed by atoms with E-state index in [9.17, 15) is 14.9 Å². The van der Waals surface area contributed by atoms with Crippen LogP contribution in [0.4, 0.5) is 16.2 Å². The second-order valence-corrected chi connectivity index (χ2v) is 7.42. The number of rotatable bonds is 7. The minimum Gasteiger partial charge on any atom is -0.368 e. The number of amides is 2. The lowest BCUT2D eigenvalue weighted by Gasteiger charge is -2.36. The number of carbonyl (C=O) groups excluding carboxylic acids is 1. The lowest BCUT2D eigenvalue weighted by molar-refractivity contribution is -0.384. The number of nitro benzene ring substituents is 1. The molecule has 1 atom stereocenters. The molecule has 1 aromatic rings. The highest BCUT2D eigenvalue weighted by atomic mass is 16.6. The van der Waals surface area contributed by atoms with E-state index in [1.54, 1.807) is 12.1 Å². The van der Waals surface area contributed by atoms with Crippen molar-refractivity contribution < 1.29 is 9.72 Å². The first-order valence-electron chi connectivity index (χ1n) is 9.41. The van der Waals surface area contributed by atoms with Crippen LogP contribution in [0.3, 0.4) is 0 Å². The molecular formula is C19H30N4O3. The molecule has 0 spiro atoms. The molecule has 26 heavy (non-hydrogen) atoms. The van der Waals surface area contributed by atoms with Crippen LogP contribution < -0.4 is 10.2 Å². The largest absolute Gasteiger partial charge is 0.368 e. The number of nitrogens with zero attached hydrogens (tertiary/aromatic N) is 3. The van der Waals surface area contributed by atoms with Gasteiger partial charge in [0.15, 0.2) is 0 Å². The highest BCUT2D eigenvalue weighted by molar-refractivity contribution is 5.74. The fraction of sp³-hybridized carbons (Fsp3) is 0.632. The molecule has 1 heterocycles. The van der Waals surface area contributed by atoms with E-state index in [1.807, 2.05) is 4.90 Å². The summed E-state index contributed by atoms with van der Waals surface area (Å²) in [6.45, 7) is 9.26. The zero-order valence-electron chi connectivity index (χ0n) is 16.0. The summed E-state index contributed by atoms with van der Waals surface area (Å²) in [7, 11) is 0. The van der Waals surface area contributed by atoms with Gasteiger partial charge in [-0.1, -0.05) is 26.7 Å².